The van der Waals surface area contributed by atoms with Crippen LogP contribution in [0.1, 0.15) is 36.1 Å². The Hall–Kier alpha value is -1.38. The van der Waals surface area contributed by atoms with Crippen LogP contribution < -0.4 is 4.72 Å². The van der Waals surface area contributed by atoms with Gasteiger partial charge in [0.1, 0.15) is 10.7 Å². The van der Waals surface area contributed by atoms with E-state index in [1.54, 1.807) is 0 Å². The molecular weight excluding hydrogens is 274 g/mol. The number of carboxylic acids is 1. The number of nitrogens with one attached hydrogen (secondary N) is 1. The lowest BCUT2D eigenvalue weighted by atomic mass is 10.2. The fraction of sp³-hybridized carbons (Fsp3) is 0.545. The Morgan fingerprint density at radius 2 is 2.16 bits per heavy atom. The Bertz CT molecular complexity index is 548. The van der Waals surface area contributed by atoms with E-state index in [2.05, 4.69) is 4.72 Å². The lowest BCUT2D eigenvalue weighted by Gasteiger charge is -2.10. The molecule has 0 aliphatic heterocycles. The molecule has 7 nitrogen and oxygen atoms in total. The predicted molar refractivity (Wildman–Crippen MR) is 66.5 cm³/mol. The summed E-state index contributed by atoms with van der Waals surface area (Å²) in [5.41, 5.74) is 0. The average Bonchev–Trinajstić information content (AvgIpc) is 2.70. The number of hydrogen-bond donors (Lipinski definition) is 3. The van der Waals surface area contributed by atoms with Crippen molar-refractivity contribution in [3.63, 3.8) is 0 Å². The highest BCUT2D eigenvalue weighted by molar-refractivity contribution is 7.89. The van der Waals surface area contributed by atoms with E-state index in [9.17, 15) is 18.3 Å². The largest absolute Gasteiger partial charge is 0.475 e. The van der Waals surface area contributed by atoms with Gasteiger partial charge in [0.2, 0.25) is 15.8 Å². The maximum atomic E-state index is 11.9. The molecule has 1 atom stereocenters. The second kappa shape index (κ2) is 6.18. The van der Waals surface area contributed by atoms with Crippen molar-refractivity contribution in [2.24, 2.45) is 0 Å². The molecule has 1 unspecified atom stereocenters. The fourth-order valence-electron chi connectivity index (χ4n) is 1.56. The van der Waals surface area contributed by atoms with Crippen LogP contribution in [0.5, 0.6) is 0 Å². The van der Waals surface area contributed by atoms with E-state index in [1.165, 1.54) is 6.92 Å². The zero-order valence-electron chi connectivity index (χ0n) is 10.7. The van der Waals surface area contributed by atoms with Gasteiger partial charge in [-0.3, -0.25) is 0 Å². The van der Waals surface area contributed by atoms with Crippen molar-refractivity contribution in [3.8, 4) is 0 Å². The summed E-state index contributed by atoms with van der Waals surface area (Å²) in [7, 11) is -3.88. The van der Waals surface area contributed by atoms with Gasteiger partial charge in [-0.1, -0.05) is 13.3 Å². The summed E-state index contributed by atoms with van der Waals surface area (Å²) in [6.07, 6.45) is 0.440. The van der Waals surface area contributed by atoms with Gasteiger partial charge in [-0.2, -0.15) is 0 Å². The molecule has 1 heterocycles. The molecule has 0 saturated carbocycles. The van der Waals surface area contributed by atoms with Gasteiger partial charge in [0.25, 0.3) is 0 Å². The maximum Gasteiger partial charge on any atom is 0.371 e. The Balaban J connectivity index is 2.86. The Labute approximate surface area is 111 Å². The first-order valence-electron chi connectivity index (χ1n) is 5.79. The fourth-order valence-corrected chi connectivity index (χ4v) is 2.81. The van der Waals surface area contributed by atoms with Crippen molar-refractivity contribution in [1.82, 2.24) is 4.72 Å². The highest BCUT2D eigenvalue weighted by atomic mass is 32.2. The van der Waals surface area contributed by atoms with Gasteiger partial charge in [-0.25, -0.2) is 17.9 Å². The molecular formula is C11H17NO6S. The molecule has 0 aromatic carbocycles. The lowest BCUT2D eigenvalue weighted by molar-refractivity contribution is 0.0661. The molecule has 108 valence electrons. The monoisotopic (exact) mass is 291 g/mol. The Morgan fingerprint density at radius 3 is 2.63 bits per heavy atom. The van der Waals surface area contributed by atoms with Crippen molar-refractivity contribution in [3.05, 3.63) is 17.6 Å². The van der Waals surface area contributed by atoms with Gasteiger partial charge in [-0.05, 0) is 13.3 Å². The molecule has 0 saturated heterocycles. The minimum Gasteiger partial charge on any atom is -0.475 e. The first-order chi connectivity index (χ1) is 8.77. The summed E-state index contributed by atoms with van der Waals surface area (Å²) in [4.78, 5) is 10.5. The van der Waals surface area contributed by atoms with Gasteiger partial charge >= 0.3 is 5.97 Å². The summed E-state index contributed by atoms with van der Waals surface area (Å²) >= 11 is 0. The highest BCUT2D eigenvalue weighted by Crippen LogP contribution is 2.19. The third-order valence-electron chi connectivity index (χ3n) is 2.50. The molecule has 0 spiro atoms. The number of carboxylic acid groups (broad SMARTS) is 1. The standard InChI is InChI=1S/C11H17NO6S/c1-3-4-8(13)6-12-19(16,17)10-5-9(11(14)15)18-7(10)2/h5,8,12-13H,3-4,6H2,1-2H3,(H,14,15). The molecule has 8 heteroatoms. The molecule has 0 amide bonds. The van der Waals surface area contributed by atoms with Crippen LogP contribution in [-0.2, 0) is 10.0 Å². The van der Waals surface area contributed by atoms with Crippen LogP contribution in [0.3, 0.4) is 0 Å². The minimum absolute atomic E-state index is 0.00474. The zero-order chi connectivity index (χ0) is 14.6. The first kappa shape index (κ1) is 15.7. The number of carbonyl (C=O) groups is 1. The van der Waals surface area contributed by atoms with Crippen LogP contribution in [0.4, 0.5) is 0 Å². The van der Waals surface area contributed by atoms with E-state index in [0.717, 1.165) is 12.5 Å². The van der Waals surface area contributed by atoms with Crippen molar-refractivity contribution < 1.29 is 27.8 Å². The molecule has 0 fully saturated rings. The second-order valence-electron chi connectivity index (χ2n) is 4.13. The van der Waals surface area contributed by atoms with Crippen LogP contribution >= 0.6 is 0 Å². The molecule has 3 N–H and O–H groups in total. The SMILES string of the molecule is CCCC(O)CNS(=O)(=O)c1cc(C(=O)O)oc1C. The number of aliphatic hydroxyl groups excluding tert-OH is 1. The zero-order valence-corrected chi connectivity index (χ0v) is 11.5. The van der Waals surface area contributed by atoms with E-state index in [4.69, 9.17) is 9.52 Å². The number of hydrogen-bond acceptors (Lipinski definition) is 5. The molecule has 1 rings (SSSR count). The predicted octanol–water partition coefficient (Wildman–Crippen LogP) is 0.726. The number of sulfonamides is 1. The second-order valence-corrected chi connectivity index (χ2v) is 5.87. The number of aryl methyl sites for hydroxylation is 1. The van der Waals surface area contributed by atoms with Gasteiger partial charge in [0.15, 0.2) is 0 Å². The van der Waals surface area contributed by atoms with E-state index in [-0.39, 0.29) is 17.2 Å². The van der Waals surface area contributed by atoms with E-state index in [0.29, 0.717) is 6.42 Å². The van der Waals surface area contributed by atoms with Crippen LogP contribution in [-0.4, -0.2) is 37.2 Å². The van der Waals surface area contributed by atoms with E-state index < -0.39 is 27.9 Å². The number of furan rings is 1. The van der Waals surface area contributed by atoms with Crippen LogP contribution in [0.2, 0.25) is 0 Å². The minimum atomic E-state index is -3.88. The average molecular weight is 291 g/mol. The third kappa shape index (κ3) is 4.05. The molecule has 1 aromatic rings. The maximum absolute atomic E-state index is 11.9. The third-order valence-corrected chi connectivity index (χ3v) is 4.03. The van der Waals surface area contributed by atoms with Crippen molar-refractivity contribution in [2.75, 3.05) is 6.54 Å². The smallest absolute Gasteiger partial charge is 0.371 e. The summed E-state index contributed by atoms with van der Waals surface area (Å²) in [5.74, 6) is -1.78. The lowest BCUT2D eigenvalue weighted by Crippen LogP contribution is -2.32. The number of rotatable bonds is 7. The normalized spacial score (nSPS) is 13.4. The summed E-state index contributed by atoms with van der Waals surface area (Å²) in [6, 6.07) is 0.951. The molecule has 0 radical (unpaired) electrons. The van der Waals surface area contributed by atoms with Crippen molar-refractivity contribution in [1.29, 1.82) is 0 Å². The quantitative estimate of drug-likeness (QED) is 0.681. The van der Waals surface area contributed by atoms with Crippen LogP contribution in [0, 0.1) is 6.92 Å². The van der Waals surface area contributed by atoms with Gasteiger partial charge in [0.05, 0.1) is 6.10 Å². The summed E-state index contributed by atoms with van der Waals surface area (Å²) < 4.78 is 30.9. The van der Waals surface area contributed by atoms with E-state index >= 15 is 0 Å². The van der Waals surface area contributed by atoms with Crippen LogP contribution in [0.25, 0.3) is 0 Å². The molecule has 1 aromatic heterocycles. The Kier molecular flexibility index (Phi) is 5.10. The van der Waals surface area contributed by atoms with Crippen LogP contribution in [0.15, 0.2) is 15.4 Å². The van der Waals surface area contributed by atoms with Gasteiger partial charge in [-0.15, -0.1) is 0 Å². The Morgan fingerprint density at radius 1 is 1.53 bits per heavy atom. The summed E-state index contributed by atoms with van der Waals surface area (Å²) in [5, 5.41) is 18.2. The highest BCUT2D eigenvalue weighted by Gasteiger charge is 2.24. The number of aliphatic hydroxyl groups is 1. The van der Waals surface area contributed by atoms with Gasteiger partial charge in [0, 0.05) is 12.6 Å². The van der Waals surface area contributed by atoms with Crippen molar-refractivity contribution in [2.45, 2.75) is 37.7 Å². The molecule has 0 aliphatic carbocycles. The van der Waals surface area contributed by atoms with E-state index in [1.807, 2.05) is 6.92 Å². The molecule has 19 heavy (non-hydrogen) atoms. The number of aromatic carboxylic acids is 1. The van der Waals surface area contributed by atoms with Gasteiger partial charge < -0.3 is 14.6 Å². The first-order valence-corrected chi connectivity index (χ1v) is 7.27. The molecule has 0 bridgehead atoms. The molecule has 0 aliphatic rings. The topological polar surface area (TPSA) is 117 Å². The van der Waals surface area contributed by atoms with Crippen molar-refractivity contribution >= 4 is 16.0 Å². The summed E-state index contributed by atoms with van der Waals surface area (Å²) in [6.45, 7) is 3.11.